The molecule has 0 aromatic carbocycles. The van der Waals surface area contributed by atoms with Gasteiger partial charge in [0.15, 0.2) is 0 Å². The van der Waals surface area contributed by atoms with E-state index in [1.165, 1.54) is 0 Å². The predicted octanol–water partition coefficient (Wildman–Crippen LogP) is 1.33. The van der Waals surface area contributed by atoms with Gasteiger partial charge in [-0.1, -0.05) is 0 Å². The fraction of sp³-hybridized carbons (Fsp3) is 0.636. The predicted molar refractivity (Wildman–Crippen MR) is 57.6 cm³/mol. The lowest BCUT2D eigenvalue weighted by molar-refractivity contribution is 0.0904. The van der Waals surface area contributed by atoms with Crippen molar-refractivity contribution in [1.29, 1.82) is 0 Å². The van der Waals surface area contributed by atoms with Gasteiger partial charge >= 0.3 is 0 Å². The van der Waals surface area contributed by atoms with Gasteiger partial charge in [-0.05, 0) is 26.0 Å². The van der Waals surface area contributed by atoms with E-state index in [0.29, 0.717) is 19.3 Å². The molecule has 0 saturated heterocycles. The average molecular weight is 213 g/mol. The molecule has 1 unspecified atom stereocenters. The fourth-order valence-corrected chi connectivity index (χ4v) is 1.30. The minimum Gasteiger partial charge on any atom is -0.472 e. The van der Waals surface area contributed by atoms with Gasteiger partial charge in [0, 0.05) is 18.2 Å². The summed E-state index contributed by atoms with van der Waals surface area (Å²) in [6.07, 6.45) is 4.37. The van der Waals surface area contributed by atoms with Crippen molar-refractivity contribution >= 4 is 0 Å². The van der Waals surface area contributed by atoms with Crippen molar-refractivity contribution in [1.82, 2.24) is 5.32 Å². The summed E-state index contributed by atoms with van der Waals surface area (Å²) in [4.78, 5) is 0. The molecule has 0 amide bonds. The fourth-order valence-electron chi connectivity index (χ4n) is 1.30. The SMILES string of the molecule is CC(NCCCOCCO)c1ccoc1. The zero-order chi connectivity index (χ0) is 10.9. The number of aliphatic hydroxyl groups excluding tert-OH is 1. The van der Waals surface area contributed by atoms with Gasteiger partial charge in [0.05, 0.1) is 25.7 Å². The van der Waals surface area contributed by atoms with Gasteiger partial charge < -0.3 is 19.6 Å². The molecule has 0 fully saturated rings. The van der Waals surface area contributed by atoms with Crippen molar-refractivity contribution in [2.75, 3.05) is 26.4 Å². The molecule has 1 atom stereocenters. The Morgan fingerprint density at radius 2 is 2.40 bits per heavy atom. The van der Waals surface area contributed by atoms with E-state index >= 15 is 0 Å². The average Bonchev–Trinajstić information content (AvgIpc) is 2.76. The highest BCUT2D eigenvalue weighted by molar-refractivity contribution is 5.09. The quantitative estimate of drug-likeness (QED) is 0.640. The minimum atomic E-state index is 0.0961. The molecule has 4 heteroatoms. The summed E-state index contributed by atoms with van der Waals surface area (Å²) in [6.45, 7) is 4.21. The topological polar surface area (TPSA) is 54.6 Å². The van der Waals surface area contributed by atoms with E-state index < -0.39 is 0 Å². The highest BCUT2D eigenvalue weighted by Gasteiger charge is 2.04. The molecule has 15 heavy (non-hydrogen) atoms. The van der Waals surface area contributed by atoms with E-state index in [-0.39, 0.29) is 6.61 Å². The second-order valence-electron chi connectivity index (χ2n) is 3.42. The van der Waals surface area contributed by atoms with Crippen molar-refractivity contribution < 1.29 is 14.3 Å². The zero-order valence-electron chi connectivity index (χ0n) is 9.11. The number of hydrogen-bond acceptors (Lipinski definition) is 4. The van der Waals surface area contributed by atoms with E-state index in [1.54, 1.807) is 12.5 Å². The molecule has 1 aromatic rings. The maximum absolute atomic E-state index is 8.48. The van der Waals surface area contributed by atoms with Crippen LogP contribution in [0.25, 0.3) is 0 Å². The highest BCUT2D eigenvalue weighted by atomic mass is 16.5. The second kappa shape index (κ2) is 7.45. The van der Waals surface area contributed by atoms with Gasteiger partial charge in [0.1, 0.15) is 0 Å². The molecule has 0 aliphatic rings. The molecule has 0 spiro atoms. The summed E-state index contributed by atoms with van der Waals surface area (Å²) in [6, 6.07) is 2.27. The van der Waals surface area contributed by atoms with Gasteiger partial charge in [-0.2, -0.15) is 0 Å². The van der Waals surface area contributed by atoms with Crippen LogP contribution in [-0.4, -0.2) is 31.5 Å². The first-order valence-electron chi connectivity index (χ1n) is 5.28. The third-order valence-corrected chi connectivity index (χ3v) is 2.19. The molecule has 0 aliphatic heterocycles. The third-order valence-electron chi connectivity index (χ3n) is 2.19. The van der Waals surface area contributed by atoms with Crippen LogP contribution >= 0.6 is 0 Å². The lowest BCUT2D eigenvalue weighted by Gasteiger charge is -2.11. The summed E-state index contributed by atoms with van der Waals surface area (Å²) in [5, 5.41) is 11.8. The van der Waals surface area contributed by atoms with Crippen LogP contribution in [0.3, 0.4) is 0 Å². The number of rotatable bonds is 8. The molecule has 0 bridgehead atoms. The van der Waals surface area contributed by atoms with Gasteiger partial charge in [0.25, 0.3) is 0 Å². The van der Waals surface area contributed by atoms with Crippen molar-refractivity contribution in [2.45, 2.75) is 19.4 Å². The summed E-state index contributed by atoms with van der Waals surface area (Å²) < 4.78 is 10.1. The Morgan fingerprint density at radius 1 is 1.53 bits per heavy atom. The van der Waals surface area contributed by atoms with Crippen LogP contribution in [-0.2, 0) is 4.74 Å². The van der Waals surface area contributed by atoms with Crippen molar-refractivity contribution in [3.63, 3.8) is 0 Å². The molecule has 1 rings (SSSR count). The number of hydrogen-bond donors (Lipinski definition) is 2. The second-order valence-corrected chi connectivity index (χ2v) is 3.42. The van der Waals surface area contributed by atoms with Crippen LogP contribution < -0.4 is 5.32 Å². The van der Waals surface area contributed by atoms with E-state index in [2.05, 4.69) is 12.2 Å². The minimum absolute atomic E-state index is 0.0961. The monoisotopic (exact) mass is 213 g/mol. The smallest absolute Gasteiger partial charge is 0.0950 e. The van der Waals surface area contributed by atoms with E-state index in [4.69, 9.17) is 14.3 Å². The first kappa shape index (κ1) is 12.2. The van der Waals surface area contributed by atoms with Gasteiger partial charge in [0.2, 0.25) is 0 Å². The summed E-state index contributed by atoms with van der Waals surface area (Å²) >= 11 is 0. The summed E-state index contributed by atoms with van der Waals surface area (Å²) in [5.74, 6) is 0. The van der Waals surface area contributed by atoms with Gasteiger partial charge in [-0.25, -0.2) is 0 Å². The molecule has 0 saturated carbocycles. The maximum atomic E-state index is 8.48. The lowest BCUT2D eigenvalue weighted by atomic mass is 10.2. The van der Waals surface area contributed by atoms with Crippen molar-refractivity contribution in [2.24, 2.45) is 0 Å². The number of aliphatic hydroxyl groups is 1. The zero-order valence-corrected chi connectivity index (χ0v) is 9.11. The molecule has 86 valence electrons. The maximum Gasteiger partial charge on any atom is 0.0950 e. The Hall–Kier alpha value is -0.840. The van der Waals surface area contributed by atoms with Crippen LogP contribution in [0.15, 0.2) is 23.0 Å². The third kappa shape index (κ3) is 4.97. The normalized spacial score (nSPS) is 12.9. The number of ether oxygens (including phenoxy) is 1. The number of nitrogens with one attached hydrogen (secondary N) is 1. The van der Waals surface area contributed by atoms with Crippen LogP contribution in [0.4, 0.5) is 0 Å². The van der Waals surface area contributed by atoms with E-state index in [1.807, 2.05) is 6.07 Å². The molecule has 4 nitrogen and oxygen atoms in total. The first-order valence-corrected chi connectivity index (χ1v) is 5.28. The largest absolute Gasteiger partial charge is 0.472 e. The molecule has 2 N–H and O–H groups in total. The van der Waals surface area contributed by atoms with Gasteiger partial charge in [-0.15, -0.1) is 0 Å². The number of furan rings is 1. The van der Waals surface area contributed by atoms with Crippen molar-refractivity contribution in [3.05, 3.63) is 24.2 Å². The summed E-state index contributed by atoms with van der Waals surface area (Å²) in [7, 11) is 0. The van der Waals surface area contributed by atoms with E-state index in [0.717, 1.165) is 18.5 Å². The molecule has 0 aliphatic carbocycles. The van der Waals surface area contributed by atoms with Crippen LogP contribution in [0.5, 0.6) is 0 Å². The Kier molecular flexibility index (Phi) is 6.08. The molecular formula is C11H19NO3. The van der Waals surface area contributed by atoms with Crippen LogP contribution in [0, 0.1) is 0 Å². The van der Waals surface area contributed by atoms with Crippen LogP contribution in [0.2, 0.25) is 0 Å². The standard InChI is InChI=1S/C11H19NO3/c1-10(11-3-7-15-9-11)12-4-2-6-14-8-5-13/h3,7,9-10,12-13H,2,4-6,8H2,1H3. The molecule has 1 heterocycles. The Labute approximate surface area is 90.2 Å². The summed E-state index contributed by atoms with van der Waals surface area (Å²) in [5.41, 5.74) is 1.16. The van der Waals surface area contributed by atoms with Crippen LogP contribution in [0.1, 0.15) is 24.9 Å². The van der Waals surface area contributed by atoms with E-state index in [9.17, 15) is 0 Å². The molecular weight excluding hydrogens is 194 g/mol. The first-order chi connectivity index (χ1) is 7.34. The van der Waals surface area contributed by atoms with Crippen molar-refractivity contribution in [3.8, 4) is 0 Å². The Bertz CT molecular complexity index is 236. The highest BCUT2D eigenvalue weighted by Crippen LogP contribution is 2.11. The van der Waals surface area contributed by atoms with Gasteiger partial charge in [-0.3, -0.25) is 0 Å². The molecule has 0 radical (unpaired) electrons. The lowest BCUT2D eigenvalue weighted by Crippen LogP contribution is -2.20. The molecule has 1 aromatic heterocycles. The Morgan fingerprint density at radius 3 is 3.07 bits per heavy atom. The Balaban J connectivity index is 2.00.